The minimum Gasteiger partial charge on any atom is -0.477 e. The molecule has 0 amide bonds. The molecule has 0 atom stereocenters. The van der Waals surface area contributed by atoms with Crippen molar-refractivity contribution in [3.8, 4) is 0 Å². The Hall–Kier alpha value is -1.61. The van der Waals surface area contributed by atoms with Gasteiger partial charge in [-0.05, 0) is 37.3 Å². The molecule has 2 bridgehead atoms. The van der Waals surface area contributed by atoms with Crippen LogP contribution in [0.3, 0.4) is 0 Å². The van der Waals surface area contributed by atoms with Crippen molar-refractivity contribution in [2.24, 2.45) is 5.92 Å². The van der Waals surface area contributed by atoms with Gasteiger partial charge in [-0.1, -0.05) is 0 Å². The Labute approximate surface area is 127 Å². The minimum absolute atomic E-state index is 0.429. The third-order valence-electron chi connectivity index (χ3n) is 3.79. The first-order valence-corrected chi connectivity index (χ1v) is 7.30. The van der Waals surface area contributed by atoms with E-state index >= 15 is 0 Å². The SMILES string of the molecule is O=C(O)C(F)(F)F.O=C(O)c1ccc(CNC23CC(C2)C3)s1. The number of nitrogens with one attached hydrogen (secondary N) is 1. The number of hydrogen-bond donors (Lipinski definition) is 3. The van der Waals surface area contributed by atoms with Crippen LogP contribution in [0.1, 0.15) is 33.8 Å². The number of hydrogen-bond acceptors (Lipinski definition) is 4. The van der Waals surface area contributed by atoms with E-state index in [-0.39, 0.29) is 0 Å². The molecule has 1 heterocycles. The summed E-state index contributed by atoms with van der Waals surface area (Å²) in [7, 11) is 0. The molecular weight excluding hydrogens is 323 g/mol. The van der Waals surface area contributed by atoms with Crippen LogP contribution in [0.5, 0.6) is 0 Å². The van der Waals surface area contributed by atoms with E-state index in [1.54, 1.807) is 6.07 Å². The molecule has 1 aromatic rings. The van der Waals surface area contributed by atoms with Gasteiger partial charge in [0.05, 0.1) is 0 Å². The van der Waals surface area contributed by atoms with Gasteiger partial charge in [0.1, 0.15) is 4.88 Å². The van der Waals surface area contributed by atoms with Crippen LogP contribution in [0.4, 0.5) is 13.2 Å². The maximum absolute atomic E-state index is 10.7. The van der Waals surface area contributed by atoms with Gasteiger partial charge in [-0.2, -0.15) is 13.2 Å². The Morgan fingerprint density at radius 3 is 2.14 bits per heavy atom. The van der Waals surface area contributed by atoms with Crippen molar-refractivity contribution in [2.45, 2.75) is 37.5 Å². The number of halogens is 3. The van der Waals surface area contributed by atoms with Crippen molar-refractivity contribution < 1.29 is 33.0 Å². The van der Waals surface area contributed by atoms with Crippen LogP contribution >= 0.6 is 11.3 Å². The highest BCUT2D eigenvalue weighted by atomic mass is 32.1. The summed E-state index contributed by atoms with van der Waals surface area (Å²) in [6, 6.07) is 3.60. The number of aromatic carboxylic acids is 1. The molecule has 3 aliphatic carbocycles. The molecule has 3 N–H and O–H groups in total. The molecule has 9 heteroatoms. The van der Waals surface area contributed by atoms with Crippen LogP contribution in [0.2, 0.25) is 0 Å². The van der Waals surface area contributed by atoms with Crippen LogP contribution in [-0.2, 0) is 11.3 Å². The molecule has 0 saturated heterocycles. The minimum atomic E-state index is -5.08. The Kier molecular flexibility index (Phi) is 4.48. The van der Waals surface area contributed by atoms with Gasteiger partial charge < -0.3 is 15.5 Å². The predicted molar refractivity (Wildman–Crippen MR) is 71.9 cm³/mol. The van der Waals surface area contributed by atoms with Crippen LogP contribution in [-0.4, -0.2) is 33.9 Å². The summed E-state index contributed by atoms with van der Waals surface area (Å²) < 4.78 is 31.7. The summed E-state index contributed by atoms with van der Waals surface area (Å²) in [5, 5.41) is 19.5. The zero-order valence-corrected chi connectivity index (χ0v) is 12.1. The van der Waals surface area contributed by atoms with E-state index in [2.05, 4.69) is 5.32 Å². The topological polar surface area (TPSA) is 86.6 Å². The molecule has 4 rings (SSSR count). The fourth-order valence-electron chi connectivity index (χ4n) is 2.56. The number of thiophene rings is 1. The van der Waals surface area contributed by atoms with E-state index in [9.17, 15) is 18.0 Å². The van der Waals surface area contributed by atoms with E-state index in [0.29, 0.717) is 10.4 Å². The molecule has 3 aliphatic rings. The van der Waals surface area contributed by atoms with E-state index < -0.39 is 18.1 Å². The molecule has 1 aromatic heterocycles. The van der Waals surface area contributed by atoms with E-state index in [1.807, 2.05) is 6.07 Å². The van der Waals surface area contributed by atoms with Crippen molar-refractivity contribution in [3.05, 3.63) is 21.9 Å². The van der Waals surface area contributed by atoms with Crippen molar-refractivity contribution in [1.29, 1.82) is 0 Å². The fourth-order valence-corrected chi connectivity index (χ4v) is 3.34. The highest BCUT2D eigenvalue weighted by Gasteiger charge is 2.55. The highest BCUT2D eigenvalue weighted by molar-refractivity contribution is 7.13. The molecule has 22 heavy (non-hydrogen) atoms. The van der Waals surface area contributed by atoms with E-state index in [0.717, 1.165) is 17.3 Å². The molecule has 0 unspecified atom stereocenters. The Balaban J connectivity index is 0.000000217. The number of aliphatic carboxylic acids is 1. The van der Waals surface area contributed by atoms with Crippen molar-refractivity contribution in [1.82, 2.24) is 5.32 Å². The molecule has 5 nitrogen and oxygen atoms in total. The lowest BCUT2D eigenvalue weighted by molar-refractivity contribution is -0.192. The smallest absolute Gasteiger partial charge is 0.477 e. The summed E-state index contributed by atoms with van der Waals surface area (Å²) >= 11 is 1.37. The van der Waals surface area contributed by atoms with Gasteiger partial charge >= 0.3 is 18.1 Å². The second kappa shape index (κ2) is 5.88. The third kappa shape index (κ3) is 3.77. The average Bonchev–Trinajstić information content (AvgIpc) is 2.73. The van der Waals surface area contributed by atoms with Gasteiger partial charge in [-0.15, -0.1) is 11.3 Å². The summed E-state index contributed by atoms with van der Waals surface area (Å²) in [5.74, 6) is -2.60. The van der Waals surface area contributed by atoms with Gasteiger partial charge in [-0.25, -0.2) is 9.59 Å². The summed E-state index contributed by atoms with van der Waals surface area (Å²) in [5.41, 5.74) is 0.429. The van der Waals surface area contributed by atoms with Gasteiger partial charge in [0.15, 0.2) is 0 Å². The first-order chi connectivity index (χ1) is 10.1. The largest absolute Gasteiger partial charge is 0.490 e. The number of rotatable bonds is 4. The second-order valence-corrected chi connectivity index (χ2v) is 6.65. The van der Waals surface area contributed by atoms with Crippen molar-refractivity contribution >= 4 is 23.3 Å². The normalized spacial score (nSPS) is 25.3. The number of carboxylic acid groups (broad SMARTS) is 2. The summed E-state index contributed by atoms with van der Waals surface area (Å²) in [4.78, 5) is 21.1. The number of alkyl halides is 3. The summed E-state index contributed by atoms with van der Waals surface area (Å²) in [6.07, 6.45) is -1.11. The van der Waals surface area contributed by atoms with Crippen LogP contribution in [0.15, 0.2) is 12.1 Å². The predicted octanol–water partition coefficient (Wildman–Crippen LogP) is 2.72. The zero-order valence-electron chi connectivity index (χ0n) is 11.3. The van der Waals surface area contributed by atoms with Crippen molar-refractivity contribution in [2.75, 3.05) is 0 Å². The van der Waals surface area contributed by atoms with Crippen LogP contribution < -0.4 is 5.32 Å². The summed E-state index contributed by atoms with van der Waals surface area (Å²) in [6.45, 7) is 0.824. The van der Waals surface area contributed by atoms with Crippen LogP contribution in [0, 0.1) is 5.92 Å². The Morgan fingerprint density at radius 1 is 1.27 bits per heavy atom. The molecule has 122 valence electrons. The van der Waals surface area contributed by atoms with Crippen LogP contribution in [0.25, 0.3) is 0 Å². The molecule has 0 aromatic carbocycles. The second-order valence-electron chi connectivity index (χ2n) is 5.49. The lowest BCUT2D eigenvalue weighted by Gasteiger charge is -2.62. The molecule has 0 spiro atoms. The van der Waals surface area contributed by atoms with E-state index in [1.165, 1.54) is 30.6 Å². The zero-order chi connectivity index (χ0) is 16.5. The molecular formula is C13H14F3NO4S. The number of carbonyl (C=O) groups is 2. The fraction of sp³-hybridized carbons (Fsp3) is 0.538. The lowest BCUT2D eigenvalue weighted by Crippen LogP contribution is -2.66. The molecule has 0 aliphatic heterocycles. The highest BCUT2D eigenvalue weighted by Crippen LogP contribution is 2.57. The van der Waals surface area contributed by atoms with Crippen molar-refractivity contribution in [3.63, 3.8) is 0 Å². The Bertz CT molecular complexity index is 567. The van der Waals surface area contributed by atoms with E-state index in [4.69, 9.17) is 15.0 Å². The first kappa shape index (κ1) is 16.8. The number of carboxylic acids is 2. The quantitative estimate of drug-likeness (QED) is 0.786. The van der Waals surface area contributed by atoms with Gasteiger partial charge in [-0.3, -0.25) is 0 Å². The monoisotopic (exact) mass is 337 g/mol. The molecule has 3 saturated carbocycles. The van der Waals surface area contributed by atoms with Gasteiger partial charge in [0.25, 0.3) is 0 Å². The van der Waals surface area contributed by atoms with Gasteiger partial charge in [0.2, 0.25) is 0 Å². The standard InChI is InChI=1S/C11H13NO2S.C2HF3O2/c13-10(14)9-2-1-8(15-9)6-12-11-3-7(4-11)5-11;3-2(4,5)1(6)7/h1-2,7,12H,3-6H2,(H,13,14);(H,6,7). The third-order valence-corrected chi connectivity index (χ3v) is 4.86. The van der Waals surface area contributed by atoms with Gasteiger partial charge in [0, 0.05) is 17.0 Å². The lowest BCUT2D eigenvalue weighted by atomic mass is 9.50. The first-order valence-electron chi connectivity index (χ1n) is 6.48. The maximum atomic E-state index is 10.7. The molecule has 3 fully saturated rings. The Morgan fingerprint density at radius 2 is 1.82 bits per heavy atom. The molecule has 0 radical (unpaired) electrons. The average molecular weight is 337 g/mol. The maximum Gasteiger partial charge on any atom is 0.490 e.